The van der Waals surface area contributed by atoms with E-state index in [1.165, 1.54) is 0 Å². The number of hydrogen-bond acceptors (Lipinski definition) is 6. The van der Waals surface area contributed by atoms with Gasteiger partial charge in [-0.25, -0.2) is 14.2 Å². The molecule has 2 N–H and O–H groups in total. The predicted octanol–water partition coefficient (Wildman–Crippen LogP) is 3.57. The fraction of sp³-hybridized carbons (Fsp3) is 0.364. The highest BCUT2D eigenvalue weighted by Gasteiger charge is 2.34. The highest BCUT2D eigenvalue weighted by atomic mass is 35.5. The predicted molar refractivity (Wildman–Crippen MR) is 128 cm³/mol. The van der Waals surface area contributed by atoms with Crippen molar-refractivity contribution in [2.24, 2.45) is 7.05 Å². The minimum Gasteiger partial charge on any atom is -0.353 e. The molecular formula is C22H24ClF4N7O2. The molecule has 3 heterocycles. The maximum atomic E-state index is 13.5. The molecular weight excluding hydrogens is 506 g/mol. The van der Waals surface area contributed by atoms with Gasteiger partial charge in [-0.05, 0) is 38.2 Å². The Morgan fingerprint density at radius 2 is 1.72 bits per heavy atom. The number of anilines is 2. The van der Waals surface area contributed by atoms with Crippen LogP contribution in [-0.2, 0) is 13.2 Å². The van der Waals surface area contributed by atoms with Gasteiger partial charge in [-0.2, -0.15) is 18.3 Å². The fourth-order valence-corrected chi connectivity index (χ4v) is 3.91. The van der Waals surface area contributed by atoms with E-state index < -0.39 is 29.5 Å². The lowest BCUT2D eigenvalue weighted by molar-refractivity contribution is -0.139. The van der Waals surface area contributed by atoms with Crippen LogP contribution in [0.1, 0.15) is 21.6 Å². The summed E-state index contributed by atoms with van der Waals surface area (Å²) in [6, 6.07) is 2.55. The lowest BCUT2D eigenvalue weighted by atomic mass is 10.1. The molecule has 3 amide bonds. The Morgan fingerprint density at radius 3 is 2.36 bits per heavy atom. The number of nitrogens with one attached hydrogen (secondary N) is 2. The molecule has 0 saturated carbocycles. The van der Waals surface area contributed by atoms with Gasteiger partial charge in [0.1, 0.15) is 11.6 Å². The van der Waals surface area contributed by atoms with Crippen molar-refractivity contribution in [2.45, 2.75) is 13.1 Å². The Bertz CT molecular complexity index is 1300. The number of alkyl halides is 3. The summed E-state index contributed by atoms with van der Waals surface area (Å²) in [7, 11) is 3.72. The zero-order chi connectivity index (χ0) is 25.5. The van der Waals surface area contributed by atoms with Gasteiger partial charge in [-0.15, -0.1) is 12.4 Å². The van der Waals surface area contributed by atoms with E-state index in [0.717, 1.165) is 19.2 Å². The van der Waals surface area contributed by atoms with Gasteiger partial charge in [0.15, 0.2) is 5.65 Å². The van der Waals surface area contributed by atoms with Gasteiger partial charge < -0.3 is 15.1 Å². The number of piperazine rings is 1. The van der Waals surface area contributed by atoms with Crippen LogP contribution in [0, 0.1) is 12.7 Å². The van der Waals surface area contributed by atoms with E-state index >= 15 is 0 Å². The van der Waals surface area contributed by atoms with Crippen LogP contribution >= 0.6 is 12.4 Å². The molecule has 4 rings (SSSR count). The summed E-state index contributed by atoms with van der Waals surface area (Å²) in [5, 5.41) is 9.24. The molecule has 0 radical (unpaired) electrons. The minimum atomic E-state index is -4.94. The molecule has 0 unspecified atom stereocenters. The number of rotatable bonds is 3. The van der Waals surface area contributed by atoms with Gasteiger partial charge in [0.05, 0.1) is 16.8 Å². The number of benzene rings is 1. The van der Waals surface area contributed by atoms with Crippen molar-refractivity contribution in [1.82, 2.24) is 25.0 Å². The number of halogens is 5. The van der Waals surface area contributed by atoms with E-state index in [-0.39, 0.29) is 23.7 Å². The molecule has 194 valence electrons. The standard InChI is InChI=1S/C22H23F4N7O2.ClH/c1-12-14-11-15(19(28-18(14)32(3)30-12)33-8-6-31(2)7-9-33)20(34)29-21(35)27-13-4-5-17(23)16(10-13)22(24,25)26;/h4-5,10-11H,6-9H2,1-3H3,(H2,27,29,34,35);1H. The summed E-state index contributed by atoms with van der Waals surface area (Å²) in [6.45, 7) is 4.47. The second-order valence-corrected chi connectivity index (χ2v) is 8.33. The second-order valence-electron chi connectivity index (χ2n) is 8.33. The molecule has 9 nitrogen and oxygen atoms in total. The van der Waals surface area contributed by atoms with Crippen LogP contribution < -0.4 is 15.5 Å². The number of nitrogens with zero attached hydrogens (tertiary/aromatic N) is 5. The quantitative estimate of drug-likeness (QED) is 0.504. The van der Waals surface area contributed by atoms with Crippen molar-refractivity contribution in [3.8, 4) is 0 Å². The number of urea groups is 1. The summed E-state index contributed by atoms with van der Waals surface area (Å²) in [4.78, 5) is 34.3. The van der Waals surface area contributed by atoms with Crippen molar-refractivity contribution >= 4 is 46.9 Å². The Hall–Kier alpha value is -3.45. The zero-order valence-electron chi connectivity index (χ0n) is 19.6. The largest absolute Gasteiger partial charge is 0.419 e. The number of aryl methyl sites for hydroxylation is 2. The average Bonchev–Trinajstić information content (AvgIpc) is 3.06. The summed E-state index contributed by atoms with van der Waals surface area (Å²) >= 11 is 0. The van der Waals surface area contributed by atoms with E-state index in [9.17, 15) is 27.2 Å². The van der Waals surface area contributed by atoms with Crippen LogP contribution in [0.5, 0.6) is 0 Å². The highest BCUT2D eigenvalue weighted by molar-refractivity contribution is 6.11. The number of fused-ring (bicyclic) bond motifs is 1. The van der Waals surface area contributed by atoms with Crippen LogP contribution in [0.25, 0.3) is 11.0 Å². The number of imide groups is 1. The molecule has 0 aliphatic carbocycles. The van der Waals surface area contributed by atoms with Crippen molar-refractivity contribution in [3.05, 3.63) is 46.9 Å². The number of pyridine rings is 1. The maximum Gasteiger partial charge on any atom is 0.419 e. The number of amides is 3. The third kappa shape index (κ3) is 5.51. The van der Waals surface area contributed by atoms with Crippen molar-refractivity contribution in [3.63, 3.8) is 0 Å². The molecule has 0 spiro atoms. The Labute approximate surface area is 209 Å². The highest BCUT2D eigenvalue weighted by Crippen LogP contribution is 2.33. The molecule has 0 atom stereocenters. The number of hydrogen-bond donors (Lipinski definition) is 2. The first-order valence-electron chi connectivity index (χ1n) is 10.7. The second kappa shape index (κ2) is 10.3. The lowest BCUT2D eigenvalue weighted by Gasteiger charge is -2.34. The third-order valence-electron chi connectivity index (χ3n) is 5.78. The average molecular weight is 530 g/mol. The molecule has 1 saturated heterocycles. The first-order chi connectivity index (χ1) is 16.4. The van der Waals surface area contributed by atoms with E-state index in [4.69, 9.17) is 0 Å². The summed E-state index contributed by atoms with van der Waals surface area (Å²) in [5.41, 5.74) is -0.503. The molecule has 36 heavy (non-hydrogen) atoms. The molecule has 14 heteroatoms. The maximum absolute atomic E-state index is 13.5. The summed E-state index contributed by atoms with van der Waals surface area (Å²) in [5.74, 6) is -1.88. The smallest absolute Gasteiger partial charge is 0.353 e. The normalized spacial score (nSPS) is 14.5. The zero-order valence-corrected chi connectivity index (χ0v) is 20.4. The van der Waals surface area contributed by atoms with Crippen LogP contribution in [0.4, 0.5) is 33.9 Å². The van der Waals surface area contributed by atoms with Crippen LogP contribution in [0.2, 0.25) is 0 Å². The fourth-order valence-electron chi connectivity index (χ4n) is 3.91. The molecule has 0 bridgehead atoms. The first-order valence-corrected chi connectivity index (χ1v) is 10.7. The lowest BCUT2D eigenvalue weighted by Crippen LogP contribution is -2.46. The Kier molecular flexibility index (Phi) is 7.74. The molecule has 1 fully saturated rings. The number of carbonyl (C=O) groups excluding carboxylic acids is 2. The van der Waals surface area contributed by atoms with Gasteiger partial charge in [-0.3, -0.25) is 14.8 Å². The molecule has 1 aromatic carbocycles. The van der Waals surface area contributed by atoms with Crippen molar-refractivity contribution in [2.75, 3.05) is 43.4 Å². The number of carbonyl (C=O) groups is 2. The van der Waals surface area contributed by atoms with E-state index in [1.54, 1.807) is 24.7 Å². The first kappa shape index (κ1) is 27.1. The molecule has 1 aliphatic rings. The Morgan fingerprint density at radius 1 is 1.06 bits per heavy atom. The molecule has 3 aromatic rings. The topological polar surface area (TPSA) is 95.4 Å². The van der Waals surface area contributed by atoms with E-state index in [0.29, 0.717) is 47.8 Å². The van der Waals surface area contributed by atoms with Gasteiger partial charge in [0.2, 0.25) is 0 Å². The number of aromatic nitrogens is 3. The monoisotopic (exact) mass is 529 g/mol. The van der Waals surface area contributed by atoms with Crippen LogP contribution in [0.15, 0.2) is 24.3 Å². The SMILES string of the molecule is Cc1nn(C)c2nc(N3CCN(C)CC3)c(C(=O)NC(=O)Nc3ccc(F)c(C(F)(F)F)c3)cc12.Cl. The van der Waals surface area contributed by atoms with Gasteiger partial charge in [0, 0.05) is 44.3 Å². The summed E-state index contributed by atoms with van der Waals surface area (Å²) < 4.78 is 54.0. The van der Waals surface area contributed by atoms with Gasteiger partial charge >= 0.3 is 12.2 Å². The van der Waals surface area contributed by atoms with Gasteiger partial charge in [-0.1, -0.05) is 0 Å². The third-order valence-corrected chi connectivity index (χ3v) is 5.78. The van der Waals surface area contributed by atoms with Gasteiger partial charge in [0.25, 0.3) is 5.91 Å². The van der Waals surface area contributed by atoms with E-state index in [1.807, 2.05) is 11.9 Å². The molecule has 2 aromatic heterocycles. The minimum absolute atomic E-state index is 0. The van der Waals surface area contributed by atoms with Crippen molar-refractivity contribution < 1.29 is 27.2 Å². The van der Waals surface area contributed by atoms with E-state index in [2.05, 4.69) is 25.6 Å². The molecule has 1 aliphatic heterocycles. The number of likely N-dealkylation sites (N-methyl/N-ethyl adjacent to an activating group) is 1. The van der Waals surface area contributed by atoms with Crippen LogP contribution in [0.3, 0.4) is 0 Å². The Balaban J connectivity index is 0.00000361. The van der Waals surface area contributed by atoms with Crippen LogP contribution in [-0.4, -0.2) is 64.8 Å². The van der Waals surface area contributed by atoms with Crippen molar-refractivity contribution in [1.29, 1.82) is 0 Å². The summed E-state index contributed by atoms with van der Waals surface area (Å²) in [6.07, 6.45) is -4.94.